The molecule has 0 radical (unpaired) electrons. The molecule has 1 aromatic carbocycles. The molecule has 0 fully saturated rings. The predicted molar refractivity (Wildman–Crippen MR) is 73.7 cm³/mol. The Morgan fingerprint density at radius 3 is 2.42 bits per heavy atom. The average molecular weight is 266 g/mol. The molecule has 0 bridgehead atoms. The van der Waals surface area contributed by atoms with Gasteiger partial charge in [-0.15, -0.1) is 0 Å². The molecule has 0 saturated carbocycles. The van der Waals surface area contributed by atoms with Crippen LogP contribution in [0.3, 0.4) is 0 Å². The molecule has 4 heteroatoms. The predicted octanol–water partition coefficient (Wildman–Crippen LogP) is 3.35. The number of carbonyl (C=O) groups is 1. The topological polar surface area (TPSA) is 55.8 Å². The molecule has 0 saturated heterocycles. The normalized spacial score (nSPS) is 12.2. The van der Waals surface area contributed by atoms with Gasteiger partial charge in [0.1, 0.15) is 0 Å². The highest BCUT2D eigenvalue weighted by Crippen LogP contribution is 2.28. The Kier molecular flexibility index (Phi) is 6.19. The Hall–Kier alpha value is -1.71. The van der Waals surface area contributed by atoms with Gasteiger partial charge in [0.25, 0.3) is 0 Å². The van der Waals surface area contributed by atoms with E-state index in [-0.39, 0.29) is 5.92 Å². The van der Waals surface area contributed by atoms with Gasteiger partial charge < -0.3 is 14.6 Å². The number of benzene rings is 1. The SMILES string of the molecule is CCCOc1ccccc1OC(CC(C)C)C(=O)O. The minimum absolute atomic E-state index is 0.254. The number of rotatable bonds is 8. The quantitative estimate of drug-likeness (QED) is 0.784. The maximum atomic E-state index is 11.2. The Morgan fingerprint density at radius 2 is 1.89 bits per heavy atom. The van der Waals surface area contributed by atoms with Crippen molar-refractivity contribution in [3.63, 3.8) is 0 Å². The third kappa shape index (κ3) is 5.20. The lowest BCUT2D eigenvalue weighted by molar-refractivity contribution is -0.145. The highest BCUT2D eigenvalue weighted by Gasteiger charge is 2.22. The van der Waals surface area contributed by atoms with Crippen LogP contribution in [-0.2, 0) is 4.79 Å². The van der Waals surface area contributed by atoms with Crippen LogP contribution in [0.2, 0.25) is 0 Å². The van der Waals surface area contributed by atoms with Crippen molar-refractivity contribution >= 4 is 5.97 Å². The van der Waals surface area contributed by atoms with E-state index < -0.39 is 12.1 Å². The fourth-order valence-corrected chi connectivity index (χ4v) is 1.66. The van der Waals surface area contributed by atoms with Crippen LogP contribution in [0.15, 0.2) is 24.3 Å². The fourth-order valence-electron chi connectivity index (χ4n) is 1.66. The molecule has 0 aliphatic carbocycles. The number of carboxylic acids is 1. The molecular weight excluding hydrogens is 244 g/mol. The minimum atomic E-state index is -0.945. The molecular formula is C15H22O4. The lowest BCUT2D eigenvalue weighted by Gasteiger charge is -2.19. The van der Waals surface area contributed by atoms with Gasteiger partial charge in [0.2, 0.25) is 0 Å². The third-order valence-corrected chi connectivity index (χ3v) is 2.54. The molecule has 0 aliphatic rings. The van der Waals surface area contributed by atoms with Gasteiger partial charge in [0.15, 0.2) is 17.6 Å². The second-order valence-electron chi connectivity index (χ2n) is 4.87. The molecule has 0 aromatic heterocycles. The monoisotopic (exact) mass is 266 g/mol. The van der Waals surface area contributed by atoms with E-state index in [4.69, 9.17) is 9.47 Å². The summed E-state index contributed by atoms with van der Waals surface area (Å²) in [6.07, 6.45) is 0.520. The van der Waals surface area contributed by atoms with Crippen LogP contribution in [0, 0.1) is 5.92 Å². The van der Waals surface area contributed by atoms with Gasteiger partial charge >= 0.3 is 5.97 Å². The first kappa shape index (κ1) is 15.3. The molecule has 0 aliphatic heterocycles. The molecule has 4 nitrogen and oxygen atoms in total. The number of hydrogen-bond acceptors (Lipinski definition) is 3. The highest BCUT2D eigenvalue weighted by molar-refractivity contribution is 5.72. The zero-order valence-corrected chi connectivity index (χ0v) is 11.8. The lowest BCUT2D eigenvalue weighted by Crippen LogP contribution is -2.28. The van der Waals surface area contributed by atoms with Crippen LogP contribution in [0.1, 0.15) is 33.6 Å². The summed E-state index contributed by atoms with van der Waals surface area (Å²) < 4.78 is 11.1. The van der Waals surface area contributed by atoms with E-state index in [2.05, 4.69) is 0 Å². The summed E-state index contributed by atoms with van der Waals surface area (Å²) >= 11 is 0. The van der Waals surface area contributed by atoms with Gasteiger partial charge in [-0.05, 0) is 30.9 Å². The molecule has 19 heavy (non-hydrogen) atoms. The van der Waals surface area contributed by atoms with Crippen molar-refractivity contribution in [2.24, 2.45) is 5.92 Å². The fraction of sp³-hybridized carbons (Fsp3) is 0.533. The number of carboxylic acid groups (broad SMARTS) is 1. The molecule has 1 atom stereocenters. The van der Waals surface area contributed by atoms with Gasteiger partial charge in [-0.3, -0.25) is 0 Å². The average Bonchev–Trinajstić information content (AvgIpc) is 2.36. The number of ether oxygens (including phenoxy) is 2. The molecule has 0 heterocycles. The van der Waals surface area contributed by atoms with E-state index in [1.54, 1.807) is 12.1 Å². The van der Waals surface area contributed by atoms with Gasteiger partial charge in [-0.25, -0.2) is 4.79 Å². The second-order valence-corrected chi connectivity index (χ2v) is 4.87. The van der Waals surface area contributed by atoms with E-state index in [9.17, 15) is 9.90 Å². The van der Waals surface area contributed by atoms with Crippen molar-refractivity contribution in [2.75, 3.05) is 6.61 Å². The van der Waals surface area contributed by atoms with E-state index in [1.165, 1.54) is 0 Å². The Labute approximate surface area is 114 Å². The zero-order valence-electron chi connectivity index (χ0n) is 11.8. The van der Waals surface area contributed by atoms with Crippen LogP contribution in [0.5, 0.6) is 11.5 Å². The van der Waals surface area contributed by atoms with Crippen LogP contribution >= 0.6 is 0 Å². The Balaban J connectivity index is 2.80. The van der Waals surface area contributed by atoms with Crippen LogP contribution in [0.25, 0.3) is 0 Å². The van der Waals surface area contributed by atoms with Gasteiger partial charge in [0.05, 0.1) is 6.61 Å². The summed E-state index contributed by atoms with van der Waals surface area (Å²) in [7, 11) is 0. The molecule has 0 spiro atoms. The van der Waals surface area contributed by atoms with Gasteiger partial charge in [0, 0.05) is 0 Å². The number of para-hydroxylation sites is 2. The van der Waals surface area contributed by atoms with E-state index in [0.717, 1.165) is 6.42 Å². The van der Waals surface area contributed by atoms with Crippen LogP contribution in [-0.4, -0.2) is 23.8 Å². The summed E-state index contributed by atoms with van der Waals surface area (Å²) in [5.41, 5.74) is 0. The van der Waals surface area contributed by atoms with Gasteiger partial charge in [-0.1, -0.05) is 32.9 Å². The highest BCUT2D eigenvalue weighted by atomic mass is 16.5. The summed E-state index contributed by atoms with van der Waals surface area (Å²) in [5, 5.41) is 9.18. The van der Waals surface area contributed by atoms with Crippen molar-refractivity contribution in [1.29, 1.82) is 0 Å². The Bertz CT molecular complexity index is 401. The van der Waals surface area contributed by atoms with E-state index in [0.29, 0.717) is 24.5 Å². The van der Waals surface area contributed by atoms with Crippen molar-refractivity contribution in [1.82, 2.24) is 0 Å². The first-order chi connectivity index (χ1) is 9.04. The summed E-state index contributed by atoms with van der Waals surface area (Å²) in [4.78, 5) is 11.2. The largest absolute Gasteiger partial charge is 0.490 e. The third-order valence-electron chi connectivity index (χ3n) is 2.54. The minimum Gasteiger partial charge on any atom is -0.490 e. The summed E-state index contributed by atoms with van der Waals surface area (Å²) in [6, 6.07) is 7.18. The van der Waals surface area contributed by atoms with Crippen LogP contribution in [0.4, 0.5) is 0 Å². The molecule has 1 aromatic rings. The van der Waals surface area contributed by atoms with Crippen LogP contribution < -0.4 is 9.47 Å². The molecule has 1 N–H and O–H groups in total. The maximum absolute atomic E-state index is 11.2. The Morgan fingerprint density at radius 1 is 1.26 bits per heavy atom. The first-order valence-electron chi connectivity index (χ1n) is 6.65. The van der Waals surface area contributed by atoms with Crippen molar-refractivity contribution < 1.29 is 19.4 Å². The number of hydrogen-bond donors (Lipinski definition) is 1. The lowest BCUT2D eigenvalue weighted by atomic mass is 10.1. The maximum Gasteiger partial charge on any atom is 0.344 e. The molecule has 1 rings (SSSR count). The van der Waals surface area contributed by atoms with Crippen molar-refractivity contribution in [2.45, 2.75) is 39.7 Å². The molecule has 0 amide bonds. The summed E-state index contributed by atoms with van der Waals surface area (Å²) in [6.45, 7) is 6.54. The second kappa shape index (κ2) is 7.67. The van der Waals surface area contributed by atoms with Crippen molar-refractivity contribution in [3.05, 3.63) is 24.3 Å². The zero-order chi connectivity index (χ0) is 14.3. The van der Waals surface area contributed by atoms with E-state index >= 15 is 0 Å². The first-order valence-corrected chi connectivity index (χ1v) is 6.65. The summed E-state index contributed by atoms with van der Waals surface area (Å²) in [5.74, 6) is 0.396. The molecule has 1 unspecified atom stereocenters. The number of aliphatic carboxylic acids is 1. The van der Waals surface area contributed by atoms with Gasteiger partial charge in [-0.2, -0.15) is 0 Å². The standard InChI is InChI=1S/C15H22O4/c1-4-9-18-12-7-5-6-8-13(12)19-14(15(16)17)10-11(2)3/h5-8,11,14H,4,9-10H2,1-3H3,(H,16,17). The van der Waals surface area contributed by atoms with E-state index in [1.807, 2.05) is 32.9 Å². The molecule has 106 valence electrons. The van der Waals surface area contributed by atoms with Crippen molar-refractivity contribution in [3.8, 4) is 11.5 Å². The smallest absolute Gasteiger partial charge is 0.344 e.